The third-order valence-corrected chi connectivity index (χ3v) is 3.32. The van der Waals surface area contributed by atoms with Crippen LogP contribution in [-0.4, -0.2) is 29.8 Å². The van der Waals surface area contributed by atoms with Gasteiger partial charge in [0.15, 0.2) is 0 Å². The zero-order valence-corrected chi connectivity index (χ0v) is 11.6. The Kier molecular flexibility index (Phi) is 3.65. The molecule has 2 amide bonds. The fraction of sp³-hybridized carbons (Fsp3) is 0.125. The molecule has 1 heterocycles. The minimum atomic E-state index is -1.10. The molecule has 6 nitrogen and oxygen atoms in total. The van der Waals surface area contributed by atoms with Crippen molar-refractivity contribution in [3.05, 3.63) is 54.6 Å². The molecule has 1 atom stereocenters. The van der Waals surface area contributed by atoms with Gasteiger partial charge in [0.1, 0.15) is 5.75 Å². The van der Waals surface area contributed by atoms with Crippen LogP contribution >= 0.6 is 0 Å². The maximum Gasteiger partial charge on any atom is 0.346 e. The molecule has 2 N–H and O–H groups in total. The first-order chi connectivity index (χ1) is 10.6. The van der Waals surface area contributed by atoms with E-state index in [-0.39, 0.29) is 6.54 Å². The summed E-state index contributed by atoms with van der Waals surface area (Å²) >= 11 is 0. The first kappa shape index (κ1) is 13.9. The van der Waals surface area contributed by atoms with Crippen molar-refractivity contribution in [2.24, 2.45) is 0 Å². The van der Waals surface area contributed by atoms with Crippen molar-refractivity contribution in [1.82, 2.24) is 0 Å². The topological polar surface area (TPSA) is 78.9 Å². The molecule has 0 saturated heterocycles. The number of aliphatic carboxylic acids is 1. The van der Waals surface area contributed by atoms with Gasteiger partial charge in [0.05, 0.1) is 12.2 Å². The number of rotatable bonds is 2. The summed E-state index contributed by atoms with van der Waals surface area (Å²) in [5.74, 6) is -0.726. The van der Waals surface area contributed by atoms with Gasteiger partial charge < -0.3 is 15.2 Å². The van der Waals surface area contributed by atoms with Gasteiger partial charge in [-0.1, -0.05) is 30.3 Å². The van der Waals surface area contributed by atoms with E-state index in [0.717, 1.165) is 0 Å². The maximum atomic E-state index is 12.5. The number of ether oxygens (including phenoxy) is 1. The number of anilines is 2. The van der Waals surface area contributed by atoms with Crippen LogP contribution in [0.1, 0.15) is 0 Å². The summed E-state index contributed by atoms with van der Waals surface area (Å²) in [6, 6.07) is 15.5. The summed E-state index contributed by atoms with van der Waals surface area (Å²) in [4.78, 5) is 25.1. The van der Waals surface area contributed by atoms with Gasteiger partial charge in [-0.2, -0.15) is 0 Å². The Labute approximate surface area is 126 Å². The highest BCUT2D eigenvalue weighted by Gasteiger charge is 2.33. The fourth-order valence-electron chi connectivity index (χ4n) is 2.27. The van der Waals surface area contributed by atoms with Crippen LogP contribution in [0.4, 0.5) is 16.2 Å². The van der Waals surface area contributed by atoms with Crippen LogP contribution in [0.15, 0.2) is 54.6 Å². The average molecular weight is 298 g/mol. The summed E-state index contributed by atoms with van der Waals surface area (Å²) in [5.41, 5.74) is 1.19. The molecule has 0 radical (unpaired) electrons. The largest absolute Gasteiger partial charge is 0.478 e. The minimum Gasteiger partial charge on any atom is -0.478 e. The molecule has 6 heteroatoms. The highest BCUT2D eigenvalue weighted by molar-refractivity contribution is 6.03. The van der Waals surface area contributed by atoms with E-state index in [1.807, 2.05) is 18.2 Å². The Morgan fingerprint density at radius 3 is 2.50 bits per heavy atom. The van der Waals surface area contributed by atoms with Crippen LogP contribution in [-0.2, 0) is 4.79 Å². The zero-order valence-electron chi connectivity index (χ0n) is 11.6. The molecule has 2 aromatic rings. The number of urea groups is 1. The first-order valence-corrected chi connectivity index (χ1v) is 6.77. The van der Waals surface area contributed by atoms with E-state index in [1.54, 1.807) is 36.4 Å². The van der Waals surface area contributed by atoms with Gasteiger partial charge in [-0.05, 0) is 24.3 Å². The number of nitrogens with one attached hydrogen (secondary N) is 1. The Morgan fingerprint density at radius 2 is 1.77 bits per heavy atom. The summed E-state index contributed by atoms with van der Waals surface area (Å²) < 4.78 is 5.40. The Bertz CT molecular complexity index is 702. The number of para-hydroxylation sites is 3. The molecule has 1 aliphatic rings. The molecule has 3 rings (SSSR count). The minimum absolute atomic E-state index is 0.0506. The van der Waals surface area contributed by atoms with Crippen LogP contribution < -0.4 is 15.0 Å². The summed E-state index contributed by atoms with van der Waals surface area (Å²) in [6.07, 6.45) is -1.09. The normalized spacial score (nSPS) is 16.4. The second-order valence-electron chi connectivity index (χ2n) is 4.82. The van der Waals surface area contributed by atoms with Crippen molar-refractivity contribution in [3.63, 3.8) is 0 Å². The van der Waals surface area contributed by atoms with Crippen LogP contribution in [0.5, 0.6) is 5.75 Å². The summed E-state index contributed by atoms with van der Waals surface area (Å²) in [5, 5.41) is 11.9. The Balaban J connectivity index is 1.88. The number of carboxylic acid groups (broad SMARTS) is 1. The van der Waals surface area contributed by atoms with Crippen molar-refractivity contribution >= 4 is 23.4 Å². The number of carbonyl (C=O) groups excluding carboxylic acids is 1. The first-order valence-electron chi connectivity index (χ1n) is 6.77. The molecular formula is C16H14N2O4. The van der Waals surface area contributed by atoms with Gasteiger partial charge in [0.25, 0.3) is 0 Å². The van der Waals surface area contributed by atoms with Crippen molar-refractivity contribution in [3.8, 4) is 5.75 Å². The number of amides is 2. The fourth-order valence-corrected chi connectivity index (χ4v) is 2.27. The monoisotopic (exact) mass is 298 g/mol. The molecule has 0 fully saturated rings. The van der Waals surface area contributed by atoms with Crippen molar-refractivity contribution in [2.75, 3.05) is 16.8 Å². The average Bonchev–Trinajstić information content (AvgIpc) is 2.54. The van der Waals surface area contributed by atoms with Crippen LogP contribution in [0.25, 0.3) is 0 Å². The van der Waals surface area contributed by atoms with E-state index in [9.17, 15) is 9.59 Å². The lowest BCUT2D eigenvalue weighted by Gasteiger charge is -2.33. The third-order valence-electron chi connectivity index (χ3n) is 3.32. The summed E-state index contributed by atoms with van der Waals surface area (Å²) in [7, 11) is 0. The van der Waals surface area contributed by atoms with E-state index >= 15 is 0 Å². The van der Waals surface area contributed by atoms with Crippen LogP contribution in [0.3, 0.4) is 0 Å². The Morgan fingerprint density at radius 1 is 1.09 bits per heavy atom. The maximum absolute atomic E-state index is 12.5. The van der Waals surface area contributed by atoms with Gasteiger partial charge in [-0.25, -0.2) is 9.59 Å². The molecule has 2 aromatic carbocycles. The predicted molar refractivity (Wildman–Crippen MR) is 81.3 cm³/mol. The molecule has 112 valence electrons. The smallest absolute Gasteiger partial charge is 0.346 e. The van der Waals surface area contributed by atoms with Crippen LogP contribution in [0.2, 0.25) is 0 Å². The number of hydrogen-bond donors (Lipinski definition) is 2. The lowest BCUT2D eigenvalue weighted by atomic mass is 10.2. The van der Waals surface area contributed by atoms with E-state index < -0.39 is 18.1 Å². The van der Waals surface area contributed by atoms with Crippen molar-refractivity contribution in [2.45, 2.75) is 6.10 Å². The molecule has 1 aliphatic heterocycles. The van der Waals surface area contributed by atoms with E-state index in [1.165, 1.54) is 4.90 Å². The van der Waals surface area contributed by atoms with Gasteiger partial charge >= 0.3 is 12.0 Å². The van der Waals surface area contributed by atoms with E-state index in [2.05, 4.69) is 5.32 Å². The third kappa shape index (κ3) is 2.71. The highest BCUT2D eigenvalue weighted by Crippen LogP contribution is 2.33. The lowest BCUT2D eigenvalue weighted by Crippen LogP contribution is -2.48. The second-order valence-corrected chi connectivity index (χ2v) is 4.82. The molecule has 0 aromatic heterocycles. The second kappa shape index (κ2) is 5.77. The number of carbonyl (C=O) groups is 2. The van der Waals surface area contributed by atoms with Crippen molar-refractivity contribution in [1.29, 1.82) is 0 Å². The Hall–Kier alpha value is -3.02. The number of carboxylic acids is 1. The lowest BCUT2D eigenvalue weighted by molar-refractivity contribution is -0.144. The van der Waals surface area contributed by atoms with Crippen molar-refractivity contribution < 1.29 is 19.4 Å². The highest BCUT2D eigenvalue weighted by atomic mass is 16.5. The van der Waals surface area contributed by atoms with Gasteiger partial charge in [-0.15, -0.1) is 0 Å². The van der Waals surface area contributed by atoms with Gasteiger partial charge in [0, 0.05) is 5.69 Å². The molecule has 0 unspecified atom stereocenters. The van der Waals surface area contributed by atoms with E-state index in [4.69, 9.17) is 9.84 Å². The standard InChI is InChI=1S/C16H14N2O4/c19-15(20)14-10-18(12-8-4-5-9-13(12)22-14)16(21)17-11-6-2-1-3-7-11/h1-9,14H,10H2,(H,17,21)(H,19,20)/t14-/m0/s1. The number of fused-ring (bicyclic) bond motifs is 1. The van der Waals surface area contributed by atoms with Crippen LogP contribution in [0, 0.1) is 0 Å². The molecule has 0 spiro atoms. The molecule has 0 bridgehead atoms. The molecule has 0 aliphatic carbocycles. The SMILES string of the molecule is O=C(O)[C@@H]1CN(C(=O)Nc2ccccc2)c2ccccc2O1. The number of nitrogens with zero attached hydrogens (tertiary/aromatic N) is 1. The zero-order chi connectivity index (χ0) is 15.5. The quantitative estimate of drug-likeness (QED) is 0.893. The number of benzene rings is 2. The van der Waals surface area contributed by atoms with Gasteiger partial charge in [0.2, 0.25) is 6.10 Å². The molecule has 0 saturated carbocycles. The number of hydrogen-bond acceptors (Lipinski definition) is 3. The van der Waals surface area contributed by atoms with Gasteiger partial charge in [-0.3, -0.25) is 4.90 Å². The van der Waals surface area contributed by atoms with E-state index in [0.29, 0.717) is 17.1 Å². The summed E-state index contributed by atoms with van der Waals surface area (Å²) in [6.45, 7) is -0.0506. The predicted octanol–water partition coefficient (Wildman–Crippen LogP) is 2.57. The molecular weight excluding hydrogens is 284 g/mol. The molecule has 22 heavy (non-hydrogen) atoms.